The Bertz CT molecular complexity index is 876. The number of benzene rings is 2. The van der Waals surface area contributed by atoms with Gasteiger partial charge in [0.2, 0.25) is 11.8 Å². The van der Waals surface area contributed by atoms with Crippen molar-refractivity contribution in [2.24, 2.45) is 0 Å². The van der Waals surface area contributed by atoms with Crippen molar-refractivity contribution in [3.05, 3.63) is 69.5 Å². The fourth-order valence-electron chi connectivity index (χ4n) is 2.79. The van der Waals surface area contributed by atoms with E-state index in [2.05, 4.69) is 5.32 Å². The highest BCUT2D eigenvalue weighted by Gasteiger charge is 2.27. The minimum Gasteiger partial charge on any atom is -0.352 e. The Hall–Kier alpha value is -2.11. The lowest BCUT2D eigenvalue weighted by Gasteiger charge is -2.30. The first kappa shape index (κ1) is 23.2. The number of nitrogens with zero attached hydrogens (tertiary/aromatic N) is 1. The molecule has 1 N–H and O–H groups in total. The average molecular weight is 439 g/mol. The van der Waals surface area contributed by atoms with E-state index in [9.17, 15) is 14.0 Å². The van der Waals surface area contributed by atoms with Crippen molar-refractivity contribution < 1.29 is 14.0 Å². The maximum absolute atomic E-state index is 14.0. The minimum absolute atomic E-state index is 0.0208. The summed E-state index contributed by atoms with van der Waals surface area (Å²) in [6.45, 7) is 5.62. The molecular formula is C22H25Cl2FN2O2. The Kier molecular flexibility index (Phi) is 8.47. The molecule has 0 aliphatic heterocycles. The van der Waals surface area contributed by atoms with Gasteiger partial charge in [0.15, 0.2) is 0 Å². The van der Waals surface area contributed by atoms with Gasteiger partial charge in [0.25, 0.3) is 0 Å². The Morgan fingerprint density at radius 2 is 1.79 bits per heavy atom. The number of carbonyl (C=O) groups is 2. The number of nitrogens with one attached hydrogen (secondary N) is 1. The highest BCUT2D eigenvalue weighted by atomic mass is 35.5. The Labute approximate surface area is 181 Å². The van der Waals surface area contributed by atoms with Crippen LogP contribution in [0.2, 0.25) is 10.0 Å². The van der Waals surface area contributed by atoms with Crippen molar-refractivity contribution in [2.75, 3.05) is 0 Å². The molecule has 2 atom stereocenters. The standard InChI is InChI=1S/C22H25Cl2FN2O2/c1-4-14(2)26-22(29)15(3)27(13-17-9-10-18(23)12-19(17)24)21(28)11-16-7-5-6-8-20(16)25/h5-10,12,14-15H,4,11,13H2,1-3H3,(H,26,29)/t14-,15-/m1/s1. The number of carbonyl (C=O) groups excluding carboxylic acids is 2. The molecule has 0 aromatic heterocycles. The van der Waals surface area contributed by atoms with Gasteiger partial charge in [0, 0.05) is 22.6 Å². The van der Waals surface area contributed by atoms with Crippen LogP contribution in [0.5, 0.6) is 0 Å². The molecule has 0 radical (unpaired) electrons. The fourth-order valence-corrected chi connectivity index (χ4v) is 3.26. The second kappa shape index (κ2) is 10.6. The first-order valence-electron chi connectivity index (χ1n) is 9.50. The van der Waals surface area contributed by atoms with Gasteiger partial charge in [-0.15, -0.1) is 0 Å². The quantitative estimate of drug-likeness (QED) is 0.629. The average Bonchev–Trinajstić information content (AvgIpc) is 2.68. The summed E-state index contributed by atoms with van der Waals surface area (Å²) in [5.74, 6) is -1.10. The van der Waals surface area contributed by atoms with Gasteiger partial charge in [-0.2, -0.15) is 0 Å². The summed E-state index contributed by atoms with van der Waals surface area (Å²) in [7, 11) is 0. The number of halogens is 3. The summed E-state index contributed by atoms with van der Waals surface area (Å²) in [5, 5.41) is 3.76. The third kappa shape index (κ3) is 6.44. The predicted molar refractivity (Wildman–Crippen MR) is 114 cm³/mol. The second-order valence-corrected chi connectivity index (χ2v) is 7.86. The highest BCUT2D eigenvalue weighted by molar-refractivity contribution is 6.35. The molecule has 156 valence electrons. The van der Waals surface area contributed by atoms with E-state index in [4.69, 9.17) is 23.2 Å². The predicted octanol–water partition coefficient (Wildman–Crippen LogP) is 5.01. The maximum Gasteiger partial charge on any atom is 0.242 e. The van der Waals surface area contributed by atoms with Crippen molar-refractivity contribution >= 4 is 35.0 Å². The first-order chi connectivity index (χ1) is 13.7. The zero-order valence-corrected chi connectivity index (χ0v) is 18.2. The highest BCUT2D eigenvalue weighted by Crippen LogP contribution is 2.24. The van der Waals surface area contributed by atoms with Crippen LogP contribution in [0.3, 0.4) is 0 Å². The van der Waals surface area contributed by atoms with Crippen LogP contribution in [-0.4, -0.2) is 28.8 Å². The van der Waals surface area contributed by atoms with Crippen molar-refractivity contribution in [3.8, 4) is 0 Å². The van der Waals surface area contributed by atoms with E-state index < -0.39 is 11.9 Å². The summed E-state index contributed by atoms with van der Waals surface area (Å²) in [5.41, 5.74) is 0.931. The van der Waals surface area contributed by atoms with Crippen LogP contribution in [0.25, 0.3) is 0 Å². The molecular weight excluding hydrogens is 414 g/mol. The van der Waals surface area contributed by atoms with Crippen molar-refractivity contribution in [2.45, 2.75) is 52.2 Å². The van der Waals surface area contributed by atoms with E-state index in [-0.39, 0.29) is 36.4 Å². The Morgan fingerprint density at radius 1 is 1.10 bits per heavy atom. The molecule has 0 spiro atoms. The van der Waals surface area contributed by atoms with Crippen LogP contribution >= 0.6 is 23.2 Å². The van der Waals surface area contributed by atoms with Crippen molar-refractivity contribution in [1.82, 2.24) is 10.2 Å². The second-order valence-electron chi connectivity index (χ2n) is 7.02. The van der Waals surface area contributed by atoms with Gasteiger partial charge in [-0.25, -0.2) is 4.39 Å². The molecule has 0 heterocycles. The molecule has 2 aromatic carbocycles. The number of rotatable bonds is 8. The summed E-state index contributed by atoms with van der Waals surface area (Å²) in [6.07, 6.45) is 0.615. The molecule has 0 aliphatic rings. The van der Waals surface area contributed by atoms with Crippen LogP contribution in [0, 0.1) is 5.82 Å². The first-order valence-corrected chi connectivity index (χ1v) is 10.3. The monoisotopic (exact) mass is 438 g/mol. The third-order valence-electron chi connectivity index (χ3n) is 4.82. The zero-order chi connectivity index (χ0) is 21.6. The summed E-state index contributed by atoms with van der Waals surface area (Å²) in [4.78, 5) is 27.1. The van der Waals surface area contributed by atoms with Crippen LogP contribution in [0.4, 0.5) is 4.39 Å². The molecule has 29 heavy (non-hydrogen) atoms. The molecule has 0 saturated carbocycles. The molecule has 0 saturated heterocycles. The van der Waals surface area contributed by atoms with E-state index in [0.29, 0.717) is 15.6 Å². The van der Waals surface area contributed by atoms with Gasteiger partial charge in [-0.1, -0.05) is 54.4 Å². The lowest BCUT2D eigenvalue weighted by Crippen LogP contribution is -2.50. The minimum atomic E-state index is -0.755. The smallest absolute Gasteiger partial charge is 0.242 e. The van der Waals surface area contributed by atoms with Crippen molar-refractivity contribution in [3.63, 3.8) is 0 Å². The molecule has 0 unspecified atom stereocenters. The molecule has 0 fully saturated rings. The van der Waals surface area contributed by atoms with Gasteiger partial charge in [-0.05, 0) is 49.6 Å². The lowest BCUT2D eigenvalue weighted by atomic mass is 10.1. The molecule has 2 amide bonds. The van der Waals surface area contributed by atoms with E-state index in [1.165, 1.54) is 11.0 Å². The topological polar surface area (TPSA) is 49.4 Å². The van der Waals surface area contributed by atoms with Crippen LogP contribution < -0.4 is 5.32 Å². The Morgan fingerprint density at radius 3 is 2.41 bits per heavy atom. The number of hydrogen-bond acceptors (Lipinski definition) is 2. The van der Waals surface area contributed by atoms with E-state index in [0.717, 1.165) is 6.42 Å². The lowest BCUT2D eigenvalue weighted by molar-refractivity contribution is -0.140. The largest absolute Gasteiger partial charge is 0.352 e. The van der Waals surface area contributed by atoms with Crippen molar-refractivity contribution in [1.29, 1.82) is 0 Å². The van der Waals surface area contributed by atoms with E-state index in [1.54, 1.807) is 43.3 Å². The van der Waals surface area contributed by atoms with Crippen LogP contribution in [0.1, 0.15) is 38.3 Å². The van der Waals surface area contributed by atoms with E-state index >= 15 is 0 Å². The molecule has 2 rings (SSSR count). The van der Waals surface area contributed by atoms with Gasteiger partial charge in [0.05, 0.1) is 6.42 Å². The molecule has 2 aromatic rings. The molecule has 0 bridgehead atoms. The number of hydrogen-bond donors (Lipinski definition) is 1. The number of amides is 2. The summed E-state index contributed by atoms with van der Waals surface area (Å²) in [6, 6.07) is 10.3. The maximum atomic E-state index is 14.0. The zero-order valence-electron chi connectivity index (χ0n) is 16.7. The summed E-state index contributed by atoms with van der Waals surface area (Å²) < 4.78 is 14.0. The van der Waals surface area contributed by atoms with E-state index in [1.807, 2.05) is 13.8 Å². The summed E-state index contributed by atoms with van der Waals surface area (Å²) >= 11 is 12.2. The molecule has 7 heteroatoms. The van der Waals surface area contributed by atoms with Gasteiger partial charge >= 0.3 is 0 Å². The SMILES string of the molecule is CC[C@@H](C)NC(=O)[C@@H](C)N(Cc1ccc(Cl)cc1Cl)C(=O)Cc1ccccc1F. The third-order valence-corrected chi connectivity index (χ3v) is 5.41. The normalized spacial score (nSPS) is 12.9. The van der Waals surface area contributed by atoms with Gasteiger partial charge in [-0.3, -0.25) is 9.59 Å². The van der Waals surface area contributed by atoms with Crippen LogP contribution in [-0.2, 0) is 22.6 Å². The molecule has 0 aliphatic carbocycles. The van der Waals surface area contributed by atoms with Crippen LogP contribution in [0.15, 0.2) is 42.5 Å². The van der Waals surface area contributed by atoms with Gasteiger partial charge in [0.1, 0.15) is 11.9 Å². The molecule has 4 nitrogen and oxygen atoms in total. The fraction of sp³-hybridized carbons (Fsp3) is 0.364. The Balaban J connectivity index is 2.29. The van der Waals surface area contributed by atoms with Gasteiger partial charge < -0.3 is 10.2 Å².